The molecule has 2 rings (SSSR count). The van der Waals surface area contributed by atoms with Gasteiger partial charge in [0.05, 0.1) is 5.41 Å². The number of nitrogens with two attached hydrogens (primary N) is 1. The summed E-state index contributed by atoms with van der Waals surface area (Å²) >= 11 is 0. The first kappa shape index (κ1) is 10.9. The van der Waals surface area contributed by atoms with Crippen molar-refractivity contribution >= 4 is 5.91 Å². The molecule has 0 aromatic rings. The molecule has 2 aliphatic carbocycles. The first-order valence-corrected chi connectivity index (χ1v) is 6.08. The topological polar surface area (TPSA) is 55.1 Å². The molecule has 86 valence electrons. The van der Waals surface area contributed by atoms with Crippen molar-refractivity contribution in [2.24, 2.45) is 23.0 Å². The van der Waals surface area contributed by atoms with Gasteiger partial charge >= 0.3 is 0 Å². The Bertz CT molecular complexity index is 266. The minimum absolute atomic E-state index is 0.0501. The highest BCUT2D eigenvalue weighted by atomic mass is 16.2. The van der Waals surface area contributed by atoms with Crippen molar-refractivity contribution in [1.29, 1.82) is 0 Å². The Morgan fingerprint density at radius 1 is 1.60 bits per heavy atom. The van der Waals surface area contributed by atoms with Gasteiger partial charge in [-0.2, -0.15) is 0 Å². The first-order valence-electron chi connectivity index (χ1n) is 6.08. The average Bonchev–Trinajstić information content (AvgIpc) is 2.79. The molecule has 1 amide bonds. The number of hydrogen-bond donors (Lipinski definition) is 2. The lowest BCUT2D eigenvalue weighted by Gasteiger charge is -2.27. The second-order valence-corrected chi connectivity index (χ2v) is 5.60. The van der Waals surface area contributed by atoms with Crippen molar-refractivity contribution in [3.05, 3.63) is 0 Å². The van der Waals surface area contributed by atoms with Crippen LogP contribution >= 0.6 is 0 Å². The van der Waals surface area contributed by atoms with Gasteiger partial charge in [0.2, 0.25) is 5.91 Å². The quantitative estimate of drug-likeness (QED) is 0.737. The Kier molecular flexibility index (Phi) is 2.75. The smallest absolute Gasteiger partial charge is 0.227 e. The highest BCUT2D eigenvalue weighted by molar-refractivity contribution is 5.83. The molecule has 4 unspecified atom stereocenters. The van der Waals surface area contributed by atoms with Gasteiger partial charge in [-0.05, 0) is 38.0 Å². The molecule has 3 heteroatoms. The van der Waals surface area contributed by atoms with E-state index in [2.05, 4.69) is 12.2 Å². The maximum absolute atomic E-state index is 12.0. The second kappa shape index (κ2) is 3.78. The summed E-state index contributed by atoms with van der Waals surface area (Å²) in [6.45, 7) is 5.10. The zero-order valence-electron chi connectivity index (χ0n) is 9.75. The SMILES string of the molecule is CC1CC1CNC(=O)C1(C)CCCC1N. The van der Waals surface area contributed by atoms with Gasteiger partial charge < -0.3 is 11.1 Å². The third kappa shape index (κ3) is 2.03. The summed E-state index contributed by atoms with van der Waals surface area (Å²) in [5, 5.41) is 3.07. The van der Waals surface area contributed by atoms with Crippen LogP contribution in [0.4, 0.5) is 0 Å². The average molecular weight is 210 g/mol. The summed E-state index contributed by atoms with van der Waals surface area (Å²) in [7, 11) is 0. The summed E-state index contributed by atoms with van der Waals surface area (Å²) in [4.78, 5) is 12.0. The number of amides is 1. The van der Waals surface area contributed by atoms with Crippen LogP contribution in [0.5, 0.6) is 0 Å². The molecule has 0 aliphatic heterocycles. The molecule has 15 heavy (non-hydrogen) atoms. The maximum Gasteiger partial charge on any atom is 0.227 e. The Labute approximate surface area is 91.8 Å². The molecule has 0 saturated heterocycles. The summed E-state index contributed by atoms with van der Waals surface area (Å²) < 4.78 is 0. The highest BCUT2D eigenvalue weighted by Crippen LogP contribution is 2.39. The number of carbonyl (C=O) groups is 1. The lowest BCUT2D eigenvalue weighted by Crippen LogP contribution is -2.47. The van der Waals surface area contributed by atoms with Gasteiger partial charge in [-0.15, -0.1) is 0 Å². The molecule has 4 atom stereocenters. The summed E-state index contributed by atoms with van der Waals surface area (Å²) in [6, 6.07) is 0.0501. The summed E-state index contributed by atoms with van der Waals surface area (Å²) in [5.41, 5.74) is 5.70. The van der Waals surface area contributed by atoms with Crippen molar-refractivity contribution in [3.8, 4) is 0 Å². The van der Waals surface area contributed by atoms with Crippen LogP contribution in [0.15, 0.2) is 0 Å². The molecule has 0 bridgehead atoms. The van der Waals surface area contributed by atoms with Gasteiger partial charge in [0.15, 0.2) is 0 Å². The van der Waals surface area contributed by atoms with Crippen LogP contribution in [0, 0.1) is 17.3 Å². The normalized spacial score (nSPS) is 44.1. The fourth-order valence-corrected chi connectivity index (χ4v) is 2.58. The summed E-state index contributed by atoms with van der Waals surface area (Å²) in [6.07, 6.45) is 4.29. The molecule has 3 nitrogen and oxygen atoms in total. The van der Waals surface area contributed by atoms with Gasteiger partial charge in [0.25, 0.3) is 0 Å². The van der Waals surface area contributed by atoms with E-state index in [9.17, 15) is 4.79 Å². The van der Waals surface area contributed by atoms with Crippen LogP contribution < -0.4 is 11.1 Å². The van der Waals surface area contributed by atoms with E-state index < -0.39 is 0 Å². The first-order chi connectivity index (χ1) is 7.04. The van der Waals surface area contributed by atoms with E-state index in [-0.39, 0.29) is 17.4 Å². The number of carbonyl (C=O) groups excluding carboxylic acids is 1. The summed E-state index contributed by atoms with van der Waals surface area (Å²) in [5.74, 6) is 1.69. The molecule has 2 aliphatic rings. The van der Waals surface area contributed by atoms with Gasteiger partial charge in [-0.3, -0.25) is 4.79 Å². The zero-order chi connectivity index (χ0) is 11.1. The Hall–Kier alpha value is -0.570. The largest absolute Gasteiger partial charge is 0.355 e. The lowest BCUT2D eigenvalue weighted by molar-refractivity contribution is -0.130. The van der Waals surface area contributed by atoms with Crippen LogP contribution in [-0.2, 0) is 4.79 Å². The molecule has 0 heterocycles. The fourth-order valence-electron chi connectivity index (χ4n) is 2.58. The van der Waals surface area contributed by atoms with E-state index in [1.54, 1.807) is 0 Å². The van der Waals surface area contributed by atoms with Crippen molar-refractivity contribution in [2.45, 2.75) is 45.6 Å². The zero-order valence-corrected chi connectivity index (χ0v) is 9.75. The van der Waals surface area contributed by atoms with E-state index >= 15 is 0 Å². The van der Waals surface area contributed by atoms with Crippen molar-refractivity contribution in [3.63, 3.8) is 0 Å². The van der Waals surface area contributed by atoms with Gasteiger partial charge in [0.1, 0.15) is 0 Å². The van der Waals surface area contributed by atoms with Crippen LogP contribution in [-0.4, -0.2) is 18.5 Å². The third-order valence-electron chi connectivity index (χ3n) is 4.35. The molecule has 2 saturated carbocycles. The van der Waals surface area contributed by atoms with E-state index in [1.165, 1.54) is 6.42 Å². The molecule has 0 radical (unpaired) electrons. The standard InChI is InChI=1S/C12H22N2O/c1-8-6-9(8)7-14-11(15)12(2)5-3-4-10(12)13/h8-10H,3-7,13H2,1-2H3,(H,14,15). The Morgan fingerprint density at radius 2 is 2.27 bits per heavy atom. The number of hydrogen-bond acceptors (Lipinski definition) is 2. The predicted molar refractivity (Wildman–Crippen MR) is 60.2 cm³/mol. The van der Waals surface area contributed by atoms with Gasteiger partial charge in [0, 0.05) is 12.6 Å². The van der Waals surface area contributed by atoms with Gasteiger partial charge in [-0.1, -0.05) is 13.3 Å². The van der Waals surface area contributed by atoms with Crippen LogP contribution in [0.25, 0.3) is 0 Å². The second-order valence-electron chi connectivity index (χ2n) is 5.60. The van der Waals surface area contributed by atoms with Crippen LogP contribution in [0.1, 0.15) is 39.5 Å². The number of nitrogens with one attached hydrogen (secondary N) is 1. The monoisotopic (exact) mass is 210 g/mol. The molecule has 0 aromatic heterocycles. The minimum atomic E-state index is -0.307. The molecule has 0 aromatic carbocycles. The van der Waals surface area contributed by atoms with Crippen LogP contribution in [0.3, 0.4) is 0 Å². The Balaban J connectivity index is 1.84. The van der Waals surface area contributed by atoms with Crippen molar-refractivity contribution < 1.29 is 4.79 Å². The number of rotatable bonds is 3. The van der Waals surface area contributed by atoms with E-state index in [1.807, 2.05) is 6.92 Å². The molecule has 2 fully saturated rings. The van der Waals surface area contributed by atoms with E-state index in [0.717, 1.165) is 37.6 Å². The van der Waals surface area contributed by atoms with Crippen LogP contribution in [0.2, 0.25) is 0 Å². The third-order valence-corrected chi connectivity index (χ3v) is 4.35. The van der Waals surface area contributed by atoms with Crippen molar-refractivity contribution in [2.75, 3.05) is 6.54 Å². The fraction of sp³-hybridized carbons (Fsp3) is 0.917. The lowest BCUT2D eigenvalue weighted by atomic mass is 9.84. The molecule has 3 N–H and O–H groups in total. The van der Waals surface area contributed by atoms with Gasteiger partial charge in [-0.25, -0.2) is 0 Å². The van der Waals surface area contributed by atoms with E-state index in [4.69, 9.17) is 5.73 Å². The molecular weight excluding hydrogens is 188 g/mol. The maximum atomic E-state index is 12.0. The van der Waals surface area contributed by atoms with Crippen molar-refractivity contribution in [1.82, 2.24) is 5.32 Å². The molecule has 0 spiro atoms. The molecular formula is C12H22N2O. The Morgan fingerprint density at radius 3 is 2.73 bits per heavy atom. The van der Waals surface area contributed by atoms with E-state index in [0.29, 0.717) is 0 Å². The highest BCUT2D eigenvalue weighted by Gasteiger charge is 2.43. The predicted octanol–water partition coefficient (Wildman–Crippen LogP) is 1.28. The minimum Gasteiger partial charge on any atom is -0.355 e.